The molecule has 0 fully saturated rings. The molecule has 17 heavy (non-hydrogen) atoms. The van der Waals surface area contributed by atoms with Crippen molar-refractivity contribution in [2.45, 2.75) is 26.2 Å². The first-order chi connectivity index (χ1) is 7.86. The van der Waals surface area contributed by atoms with E-state index in [0.717, 1.165) is 10.7 Å². The number of aliphatic hydroxyl groups excluding tert-OH is 1. The van der Waals surface area contributed by atoms with Crippen LogP contribution in [0.25, 0.3) is 0 Å². The number of rotatable bonds is 3. The Morgan fingerprint density at radius 2 is 2.24 bits per heavy atom. The highest BCUT2D eigenvalue weighted by Gasteiger charge is 2.22. The van der Waals surface area contributed by atoms with Gasteiger partial charge < -0.3 is 10.0 Å². The van der Waals surface area contributed by atoms with E-state index in [1.165, 1.54) is 16.2 Å². The van der Waals surface area contributed by atoms with E-state index in [2.05, 4.69) is 31.1 Å². The van der Waals surface area contributed by atoms with E-state index in [-0.39, 0.29) is 18.1 Å². The zero-order valence-electron chi connectivity index (χ0n) is 10.6. The highest BCUT2D eigenvalue weighted by atomic mass is 32.1. The van der Waals surface area contributed by atoms with Gasteiger partial charge in [-0.05, 0) is 0 Å². The van der Waals surface area contributed by atoms with Gasteiger partial charge in [0.1, 0.15) is 5.00 Å². The van der Waals surface area contributed by atoms with Crippen molar-refractivity contribution in [1.29, 1.82) is 0 Å². The Labute approximate surface area is 105 Å². The number of nitrogens with one attached hydrogen (secondary N) is 1. The quantitative estimate of drug-likeness (QED) is 0.869. The molecule has 1 heterocycles. The minimum absolute atomic E-state index is 0.0429. The second kappa shape index (κ2) is 5.46. The van der Waals surface area contributed by atoms with Crippen LogP contribution in [0, 0.1) is 0 Å². The fraction of sp³-hybridized carbons (Fsp3) is 0.636. The van der Waals surface area contributed by atoms with Crippen LogP contribution >= 0.6 is 11.3 Å². The molecule has 1 aromatic heterocycles. The van der Waals surface area contributed by atoms with E-state index >= 15 is 0 Å². The number of carbonyl (C=O) groups excluding carboxylic acids is 1. The maximum atomic E-state index is 11.8. The van der Waals surface area contributed by atoms with Crippen LogP contribution in [0.2, 0.25) is 0 Å². The van der Waals surface area contributed by atoms with Crippen molar-refractivity contribution in [3.63, 3.8) is 0 Å². The third-order valence-corrected chi connectivity index (χ3v) is 3.02. The SMILES string of the molecule is CN(CCO)C(=O)Nc1scnc1C(C)(C)C. The average Bonchev–Trinajstić information content (AvgIpc) is 2.65. The zero-order valence-corrected chi connectivity index (χ0v) is 11.5. The molecule has 1 rings (SSSR count). The summed E-state index contributed by atoms with van der Waals surface area (Å²) < 4.78 is 0. The Morgan fingerprint density at radius 1 is 1.59 bits per heavy atom. The van der Waals surface area contributed by atoms with Gasteiger partial charge in [0.25, 0.3) is 0 Å². The molecule has 96 valence electrons. The molecule has 6 heteroatoms. The van der Waals surface area contributed by atoms with Crippen molar-refractivity contribution in [1.82, 2.24) is 9.88 Å². The number of likely N-dealkylation sites (N-methyl/N-ethyl adjacent to an activating group) is 1. The number of hydrogen-bond donors (Lipinski definition) is 2. The number of hydrogen-bond acceptors (Lipinski definition) is 4. The van der Waals surface area contributed by atoms with Gasteiger partial charge in [-0.3, -0.25) is 5.32 Å². The first-order valence-electron chi connectivity index (χ1n) is 5.43. The molecule has 0 atom stereocenters. The third kappa shape index (κ3) is 3.67. The summed E-state index contributed by atoms with van der Waals surface area (Å²) in [5.74, 6) is 0. The average molecular weight is 257 g/mol. The summed E-state index contributed by atoms with van der Waals surface area (Å²) >= 11 is 1.41. The van der Waals surface area contributed by atoms with Gasteiger partial charge in [-0.2, -0.15) is 0 Å². The van der Waals surface area contributed by atoms with Crippen LogP contribution in [-0.2, 0) is 5.41 Å². The number of aromatic nitrogens is 1. The van der Waals surface area contributed by atoms with E-state index in [4.69, 9.17) is 5.11 Å². The molecule has 0 radical (unpaired) electrons. The van der Waals surface area contributed by atoms with Crippen LogP contribution in [0.4, 0.5) is 9.80 Å². The highest BCUT2D eigenvalue weighted by molar-refractivity contribution is 7.14. The van der Waals surface area contributed by atoms with Crippen LogP contribution in [-0.4, -0.2) is 41.2 Å². The van der Waals surface area contributed by atoms with Gasteiger partial charge in [-0.15, -0.1) is 11.3 Å². The normalized spacial score (nSPS) is 11.4. The number of carbonyl (C=O) groups is 1. The first-order valence-corrected chi connectivity index (χ1v) is 6.31. The molecule has 0 aliphatic heterocycles. The van der Waals surface area contributed by atoms with Crippen molar-refractivity contribution in [3.8, 4) is 0 Å². The van der Waals surface area contributed by atoms with Crippen molar-refractivity contribution in [2.75, 3.05) is 25.5 Å². The molecule has 0 aliphatic carbocycles. The molecule has 0 spiro atoms. The van der Waals surface area contributed by atoms with Crippen LogP contribution in [0.15, 0.2) is 5.51 Å². The summed E-state index contributed by atoms with van der Waals surface area (Å²) in [6, 6.07) is -0.228. The monoisotopic (exact) mass is 257 g/mol. The number of aliphatic hydroxyl groups is 1. The van der Waals surface area contributed by atoms with Crippen LogP contribution in [0.3, 0.4) is 0 Å². The molecular formula is C11H19N3O2S. The lowest BCUT2D eigenvalue weighted by Crippen LogP contribution is -2.33. The van der Waals surface area contributed by atoms with E-state index in [9.17, 15) is 4.79 Å². The molecular weight excluding hydrogens is 238 g/mol. The minimum atomic E-state index is -0.228. The first kappa shape index (κ1) is 13.9. The summed E-state index contributed by atoms with van der Waals surface area (Å²) in [5, 5.41) is 12.3. The topological polar surface area (TPSA) is 65.5 Å². The minimum Gasteiger partial charge on any atom is -0.395 e. The number of anilines is 1. The molecule has 0 unspecified atom stereocenters. The Balaban J connectivity index is 2.76. The Kier molecular flexibility index (Phi) is 4.47. The van der Waals surface area contributed by atoms with Gasteiger partial charge in [0.2, 0.25) is 0 Å². The molecule has 0 aliphatic rings. The Morgan fingerprint density at radius 3 is 2.76 bits per heavy atom. The van der Waals surface area contributed by atoms with Gasteiger partial charge in [0.05, 0.1) is 17.8 Å². The number of thiazole rings is 1. The Hall–Kier alpha value is -1.14. The maximum absolute atomic E-state index is 11.8. The fourth-order valence-corrected chi connectivity index (χ4v) is 2.19. The zero-order chi connectivity index (χ0) is 13.1. The number of urea groups is 1. The molecule has 0 saturated heterocycles. The van der Waals surface area contributed by atoms with E-state index in [1.54, 1.807) is 12.6 Å². The molecule has 0 aromatic carbocycles. The highest BCUT2D eigenvalue weighted by Crippen LogP contribution is 2.31. The second-order valence-electron chi connectivity index (χ2n) is 4.86. The summed E-state index contributed by atoms with van der Waals surface area (Å²) in [5.41, 5.74) is 2.51. The smallest absolute Gasteiger partial charge is 0.322 e. The molecule has 0 saturated carbocycles. The van der Waals surface area contributed by atoms with Crippen molar-refractivity contribution < 1.29 is 9.90 Å². The third-order valence-electron chi connectivity index (χ3n) is 2.28. The van der Waals surface area contributed by atoms with Gasteiger partial charge >= 0.3 is 6.03 Å². The summed E-state index contributed by atoms with van der Waals surface area (Å²) in [7, 11) is 1.64. The van der Waals surface area contributed by atoms with Crippen LogP contribution in [0.1, 0.15) is 26.5 Å². The van der Waals surface area contributed by atoms with Crippen molar-refractivity contribution in [3.05, 3.63) is 11.2 Å². The lowest BCUT2D eigenvalue weighted by molar-refractivity contribution is 0.202. The predicted molar refractivity (Wildman–Crippen MR) is 69.5 cm³/mol. The maximum Gasteiger partial charge on any atom is 0.322 e. The summed E-state index contributed by atoms with van der Waals surface area (Å²) in [6.45, 7) is 6.42. The lowest BCUT2D eigenvalue weighted by atomic mass is 9.92. The van der Waals surface area contributed by atoms with Crippen molar-refractivity contribution >= 4 is 22.4 Å². The van der Waals surface area contributed by atoms with Crippen LogP contribution < -0.4 is 5.32 Å². The van der Waals surface area contributed by atoms with E-state index < -0.39 is 0 Å². The second-order valence-corrected chi connectivity index (χ2v) is 5.71. The van der Waals surface area contributed by atoms with Gasteiger partial charge in [-0.25, -0.2) is 9.78 Å². The standard InChI is InChI=1S/C11H19N3O2S/c1-11(2,3)8-9(17-7-12-8)13-10(16)14(4)5-6-15/h7,15H,5-6H2,1-4H3,(H,13,16). The molecule has 1 aromatic rings. The fourth-order valence-electron chi connectivity index (χ4n) is 1.31. The Bertz CT molecular complexity index is 384. The largest absolute Gasteiger partial charge is 0.395 e. The van der Waals surface area contributed by atoms with Gasteiger partial charge in [-0.1, -0.05) is 20.8 Å². The van der Waals surface area contributed by atoms with Crippen molar-refractivity contribution in [2.24, 2.45) is 0 Å². The predicted octanol–water partition coefficient (Wildman–Crippen LogP) is 1.90. The van der Waals surface area contributed by atoms with Gasteiger partial charge in [0, 0.05) is 19.0 Å². The molecule has 0 bridgehead atoms. The van der Waals surface area contributed by atoms with E-state index in [1.807, 2.05) is 0 Å². The number of nitrogens with zero attached hydrogens (tertiary/aromatic N) is 2. The molecule has 2 N–H and O–H groups in total. The van der Waals surface area contributed by atoms with E-state index in [0.29, 0.717) is 6.54 Å². The lowest BCUT2D eigenvalue weighted by Gasteiger charge is -2.20. The number of amides is 2. The van der Waals surface area contributed by atoms with Gasteiger partial charge in [0.15, 0.2) is 0 Å². The van der Waals surface area contributed by atoms with Crippen LogP contribution in [0.5, 0.6) is 0 Å². The molecule has 5 nitrogen and oxygen atoms in total. The summed E-state index contributed by atoms with van der Waals surface area (Å²) in [6.07, 6.45) is 0. The molecule has 2 amide bonds. The summed E-state index contributed by atoms with van der Waals surface area (Å²) in [4.78, 5) is 17.5.